The minimum atomic E-state index is 0.229. The van der Waals surface area contributed by atoms with Crippen LogP contribution in [0.25, 0.3) is 0 Å². The number of hydrogen-bond acceptors (Lipinski definition) is 4. The number of para-hydroxylation sites is 1. The molecule has 0 radical (unpaired) electrons. The number of anilines is 1. The molecule has 1 saturated heterocycles. The van der Waals surface area contributed by atoms with Gasteiger partial charge in [0.1, 0.15) is 5.75 Å². The average Bonchev–Trinajstić information content (AvgIpc) is 2.98. The maximum absolute atomic E-state index is 6.06. The van der Waals surface area contributed by atoms with Crippen LogP contribution >= 0.6 is 0 Å². The van der Waals surface area contributed by atoms with Crippen LogP contribution in [0, 0.1) is 0 Å². The average molecular weight is 283 g/mol. The lowest BCUT2D eigenvalue weighted by atomic mass is 9.97. The molecule has 4 N–H and O–H groups in total. The first-order valence-corrected chi connectivity index (χ1v) is 7.36. The van der Waals surface area contributed by atoms with Crippen molar-refractivity contribution in [3.63, 3.8) is 0 Å². The molecule has 2 aromatic carbocycles. The van der Waals surface area contributed by atoms with Gasteiger partial charge in [0, 0.05) is 11.7 Å². The van der Waals surface area contributed by atoms with E-state index in [1.165, 1.54) is 5.56 Å². The third-order valence-electron chi connectivity index (χ3n) is 3.85. The smallest absolute Gasteiger partial charge is 0.119 e. The van der Waals surface area contributed by atoms with E-state index in [1.807, 2.05) is 37.3 Å². The van der Waals surface area contributed by atoms with Gasteiger partial charge < -0.3 is 10.5 Å². The van der Waals surface area contributed by atoms with Crippen LogP contribution in [0.5, 0.6) is 5.75 Å². The summed E-state index contributed by atoms with van der Waals surface area (Å²) >= 11 is 0. The number of nitrogens with one attached hydrogen (secondary N) is 2. The van der Waals surface area contributed by atoms with Crippen LogP contribution in [0.1, 0.15) is 36.6 Å². The maximum Gasteiger partial charge on any atom is 0.119 e. The molecular formula is C17H21N3O. The van der Waals surface area contributed by atoms with Crippen LogP contribution < -0.4 is 21.3 Å². The second kappa shape index (κ2) is 6.16. The zero-order chi connectivity index (χ0) is 14.7. The van der Waals surface area contributed by atoms with E-state index in [-0.39, 0.29) is 12.1 Å². The Bertz CT molecular complexity index is 614. The highest BCUT2D eigenvalue weighted by Crippen LogP contribution is 2.33. The van der Waals surface area contributed by atoms with Gasteiger partial charge in [0.25, 0.3) is 0 Å². The Morgan fingerprint density at radius 3 is 2.71 bits per heavy atom. The summed E-state index contributed by atoms with van der Waals surface area (Å²) in [6, 6.07) is 16.7. The zero-order valence-electron chi connectivity index (χ0n) is 12.2. The van der Waals surface area contributed by atoms with Crippen molar-refractivity contribution in [2.75, 3.05) is 12.3 Å². The minimum Gasteiger partial charge on any atom is -0.494 e. The molecule has 1 aliphatic heterocycles. The number of rotatable bonds is 4. The molecule has 0 amide bonds. The van der Waals surface area contributed by atoms with Gasteiger partial charge in [0.2, 0.25) is 0 Å². The van der Waals surface area contributed by atoms with E-state index in [1.54, 1.807) is 0 Å². The van der Waals surface area contributed by atoms with Crippen LogP contribution in [0.15, 0.2) is 48.5 Å². The Hall–Kier alpha value is -2.04. The summed E-state index contributed by atoms with van der Waals surface area (Å²) in [4.78, 5) is 0. The summed E-state index contributed by atoms with van der Waals surface area (Å²) in [7, 11) is 0. The Morgan fingerprint density at radius 1 is 1.10 bits per heavy atom. The molecule has 0 aromatic heterocycles. The lowest BCUT2D eigenvalue weighted by molar-refractivity contribution is 0.339. The number of hydrazine groups is 1. The predicted octanol–water partition coefficient (Wildman–Crippen LogP) is 2.95. The largest absolute Gasteiger partial charge is 0.494 e. The Balaban J connectivity index is 1.75. The van der Waals surface area contributed by atoms with Gasteiger partial charge in [0.05, 0.1) is 12.6 Å². The van der Waals surface area contributed by atoms with Gasteiger partial charge >= 0.3 is 0 Å². The highest BCUT2D eigenvalue weighted by Gasteiger charge is 2.27. The summed E-state index contributed by atoms with van der Waals surface area (Å²) in [6.07, 6.45) is 0.962. The first-order chi connectivity index (χ1) is 10.3. The van der Waals surface area contributed by atoms with E-state index in [0.717, 1.165) is 23.4 Å². The molecule has 21 heavy (non-hydrogen) atoms. The zero-order valence-corrected chi connectivity index (χ0v) is 12.2. The topological polar surface area (TPSA) is 59.3 Å². The highest BCUT2D eigenvalue weighted by atomic mass is 16.5. The minimum absolute atomic E-state index is 0.229. The Labute approximate surface area is 125 Å². The molecule has 1 aliphatic rings. The predicted molar refractivity (Wildman–Crippen MR) is 84.8 cm³/mol. The van der Waals surface area contributed by atoms with Gasteiger partial charge in [-0.3, -0.25) is 0 Å². The number of nitrogens with two attached hydrogens (primary N) is 1. The molecule has 4 nitrogen and oxygen atoms in total. The van der Waals surface area contributed by atoms with Gasteiger partial charge in [-0.15, -0.1) is 0 Å². The van der Waals surface area contributed by atoms with Gasteiger partial charge in [-0.1, -0.05) is 30.3 Å². The van der Waals surface area contributed by atoms with E-state index >= 15 is 0 Å². The van der Waals surface area contributed by atoms with Gasteiger partial charge in [0.15, 0.2) is 0 Å². The Kier molecular flexibility index (Phi) is 4.08. The number of ether oxygens (including phenoxy) is 1. The summed E-state index contributed by atoms with van der Waals surface area (Å²) in [6.45, 7) is 2.68. The molecule has 0 bridgehead atoms. The van der Waals surface area contributed by atoms with E-state index in [4.69, 9.17) is 10.5 Å². The normalized spacial score (nSPS) is 21.4. The lowest BCUT2D eigenvalue weighted by Crippen LogP contribution is -2.27. The van der Waals surface area contributed by atoms with E-state index in [0.29, 0.717) is 6.61 Å². The van der Waals surface area contributed by atoms with E-state index in [2.05, 4.69) is 29.1 Å². The van der Waals surface area contributed by atoms with Gasteiger partial charge in [-0.05, 0) is 42.7 Å². The van der Waals surface area contributed by atoms with Crippen LogP contribution in [0.4, 0.5) is 5.69 Å². The molecule has 0 spiro atoms. The third-order valence-corrected chi connectivity index (χ3v) is 3.85. The molecule has 0 aliphatic carbocycles. The second-order valence-corrected chi connectivity index (χ2v) is 5.26. The first-order valence-electron chi connectivity index (χ1n) is 7.36. The highest BCUT2D eigenvalue weighted by molar-refractivity contribution is 5.48. The van der Waals surface area contributed by atoms with Crippen molar-refractivity contribution in [3.8, 4) is 5.75 Å². The van der Waals surface area contributed by atoms with Crippen LogP contribution in [-0.4, -0.2) is 6.61 Å². The maximum atomic E-state index is 6.06. The van der Waals surface area contributed by atoms with Crippen molar-refractivity contribution in [2.45, 2.75) is 25.4 Å². The fourth-order valence-corrected chi connectivity index (χ4v) is 2.79. The summed E-state index contributed by atoms with van der Waals surface area (Å²) in [5.74, 6) is 0.916. The molecule has 0 saturated carbocycles. The molecule has 110 valence electrons. The molecule has 1 fully saturated rings. The van der Waals surface area contributed by atoms with Crippen LogP contribution in [0.2, 0.25) is 0 Å². The van der Waals surface area contributed by atoms with Crippen LogP contribution in [0.3, 0.4) is 0 Å². The van der Waals surface area contributed by atoms with E-state index in [9.17, 15) is 0 Å². The lowest BCUT2D eigenvalue weighted by Gasteiger charge is -2.13. The van der Waals surface area contributed by atoms with Crippen molar-refractivity contribution in [3.05, 3.63) is 59.7 Å². The molecule has 2 unspecified atom stereocenters. The summed E-state index contributed by atoms with van der Waals surface area (Å²) in [5.41, 5.74) is 16.0. The molecule has 3 rings (SSSR count). The quantitative estimate of drug-likeness (QED) is 0.755. The van der Waals surface area contributed by atoms with Crippen molar-refractivity contribution in [1.82, 2.24) is 10.9 Å². The number of benzene rings is 2. The molecule has 2 atom stereocenters. The molecular weight excluding hydrogens is 262 g/mol. The second-order valence-electron chi connectivity index (χ2n) is 5.26. The molecule has 2 aromatic rings. The van der Waals surface area contributed by atoms with Crippen molar-refractivity contribution >= 4 is 5.69 Å². The summed E-state index contributed by atoms with van der Waals surface area (Å²) < 4.78 is 5.57. The standard InChI is InChI=1S/C17H21N3O/c1-2-21-13-7-5-6-12(10-13)16-11-17(20-19-16)14-8-3-4-9-15(14)18/h3-10,16-17,19-20H,2,11,18H2,1H3. The third kappa shape index (κ3) is 3.01. The fourth-order valence-electron chi connectivity index (χ4n) is 2.79. The van der Waals surface area contributed by atoms with E-state index < -0.39 is 0 Å². The number of hydrogen-bond donors (Lipinski definition) is 3. The first kappa shape index (κ1) is 13.9. The fraction of sp³-hybridized carbons (Fsp3) is 0.294. The van der Waals surface area contributed by atoms with Crippen molar-refractivity contribution in [2.24, 2.45) is 0 Å². The van der Waals surface area contributed by atoms with Crippen LogP contribution in [-0.2, 0) is 0 Å². The monoisotopic (exact) mass is 283 g/mol. The Morgan fingerprint density at radius 2 is 1.90 bits per heavy atom. The van der Waals surface area contributed by atoms with Gasteiger partial charge in [-0.25, -0.2) is 10.9 Å². The molecule has 1 heterocycles. The van der Waals surface area contributed by atoms with Crippen molar-refractivity contribution < 1.29 is 4.74 Å². The van der Waals surface area contributed by atoms with Crippen molar-refractivity contribution in [1.29, 1.82) is 0 Å². The number of nitrogen functional groups attached to an aromatic ring is 1. The summed E-state index contributed by atoms with van der Waals surface area (Å²) in [5, 5.41) is 0. The molecule has 4 heteroatoms. The SMILES string of the molecule is CCOc1cccc(C2CC(c3ccccc3N)NN2)c1. The van der Waals surface area contributed by atoms with Gasteiger partial charge in [-0.2, -0.15) is 0 Å².